The Labute approximate surface area is 137 Å². The summed E-state index contributed by atoms with van der Waals surface area (Å²) in [5.41, 5.74) is 2.31. The van der Waals surface area contributed by atoms with Gasteiger partial charge in [-0.15, -0.1) is 0 Å². The first kappa shape index (κ1) is 14.7. The molecule has 2 heterocycles. The molecule has 5 nitrogen and oxygen atoms in total. The minimum atomic E-state index is 0.463. The molecule has 0 radical (unpaired) electrons. The highest BCUT2D eigenvalue weighted by Crippen LogP contribution is 2.32. The third-order valence-electron chi connectivity index (χ3n) is 5.00. The zero-order valence-corrected chi connectivity index (χ0v) is 13.5. The third-order valence-corrected chi connectivity index (χ3v) is 5.00. The molecule has 1 N–H and O–H groups in total. The summed E-state index contributed by atoms with van der Waals surface area (Å²) in [5, 5.41) is 7.58. The fraction of sp³-hybridized carbons (Fsp3) is 0.556. The summed E-state index contributed by atoms with van der Waals surface area (Å²) < 4.78 is 5.53. The first-order valence-electron chi connectivity index (χ1n) is 8.80. The molecule has 122 valence electrons. The third kappa shape index (κ3) is 3.24. The largest absolute Gasteiger partial charge is 0.369 e. The van der Waals surface area contributed by atoms with Crippen LogP contribution in [0, 0.1) is 0 Å². The fourth-order valence-corrected chi connectivity index (χ4v) is 3.61. The topological polar surface area (TPSA) is 54.2 Å². The van der Waals surface area contributed by atoms with Crippen molar-refractivity contribution >= 4 is 5.69 Å². The van der Waals surface area contributed by atoms with E-state index in [1.807, 2.05) is 0 Å². The van der Waals surface area contributed by atoms with Gasteiger partial charge in [0.25, 0.3) is 0 Å². The average Bonchev–Trinajstić information content (AvgIpc) is 3.14. The van der Waals surface area contributed by atoms with Gasteiger partial charge in [0.15, 0.2) is 0 Å². The summed E-state index contributed by atoms with van der Waals surface area (Å²) in [6, 6.07) is 8.54. The molecular formula is C18H24N4O. The normalized spacial score (nSPS) is 19.9. The van der Waals surface area contributed by atoms with Gasteiger partial charge in [0.2, 0.25) is 11.7 Å². The number of aromatic nitrogens is 2. The zero-order chi connectivity index (χ0) is 15.5. The van der Waals surface area contributed by atoms with Gasteiger partial charge in [-0.05, 0) is 37.1 Å². The van der Waals surface area contributed by atoms with Crippen molar-refractivity contribution in [1.29, 1.82) is 0 Å². The van der Waals surface area contributed by atoms with Crippen LogP contribution in [-0.2, 0) is 0 Å². The van der Waals surface area contributed by atoms with Gasteiger partial charge in [0.1, 0.15) is 0 Å². The average molecular weight is 312 g/mol. The molecule has 1 saturated heterocycles. The molecule has 0 atom stereocenters. The van der Waals surface area contributed by atoms with E-state index in [0.29, 0.717) is 5.92 Å². The molecule has 2 aromatic rings. The molecule has 0 spiro atoms. The molecule has 2 fully saturated rings. The Bertz CT molecular complexity index is 625. The van der Waals surface area contributed by atoms with E-state index in [9.17, 15) is 0 Å². The van der Waals surface area contributed by atoms with E-state index in [1.165, 1.54) is 37.8 Å². The zero-order valence-electron chi connectivity index (χ0n) is 13.5. The summed E-state index contributed by atoms with van der Waals surface area (Å²) in [6.45, 7) is 4.23. The molecular weight excluding hydrogens is 288 g/mol. The summed E-state index contributed by atoms with van der Waals surface area (Å²) in [6.07, 6.45) is 6.27. The Morgan fingerprint density at radius 3 is 2.48 bits per heavy atom. The standard InChI is InChI=1S/C18H24N4O/c1-2-4-15(5-3-1)18-20-17(21-23-18)14-6-8-16(9-7-14)22-12-10-19-11-13-22/h6-9,15,19H,1-5,10-13H2. The number of hydrogen-bond donors (Lipinski definition) is 1. The van der Waals surface area contributed by atoms with Gasteiger partial charge in [-0.3, -0.25) is 0 Å². The van der Waals surface area contributed by atoms with Gasteiger partial charge in [0, 0.05) is 43.3 Å². The Balaban J connectivity index is 1.48. The summed E-state index contributed by atoms with van der Waals surface area (Å²) in [7, 11) is 0. The highest BCUT2D eigenvalue weighted by atomic mass is 16.5. The molecule has 23 heavy (non-hydrogen) atoms. The van der Waals surface area contributed by atoms with Gasteiger partial charge in [-0.1, -0.05) is 24.4 Å². The SMILES string of the molecule is c1cc(N2CCNCC2)ccc1-c1noc(C2CCCCC2)n1. The number of piperazine rings is 1. The van der Waals surface area contributed by atoms with E-state index in [-0.39, 0.29) is 0 Å². The molecule has 1 aliphatic heterocycles. The fourth-order valence-electron chi connectivity index (χ4n) is 3.61. The molecule has 0 amide bonds. The lowest BCUT2D eigenvalue weighted by molar-refractivity contribution is 0.314. The second kappa shape index (κ2) is 6.71. The van der Waals surface area contributed by atoms with Crippen molar-refractivity contribution in [2.75, 3.05) is 31.1 Å². The first-order chi connectivity index (χ1) is 11.4. The lowest BCUT2D eigenvalue weighted by Crippen LogP contribution is -2.43. The molecule has 2 aliphatic rings. The number of nitrogens with zero attached hydrogens (tertiary/aromatic N) is 3. The van der Waals surface area contributed by atoms with Crippen molar-refractivity contribution in [3.05, 3.63) is 30.2 Å². The number of hydrogen-bond acceptors (Lipinski definition) is 5. The van der Waals surface area contributed by atoms with Gasteiger partial charge in [0.05, 0.1) is 0 Å². The van der Waals surface area contributed by atoms with E-state index in [1.54, 1.807) is 0 Å². The van der Waals surface area contributed by atoms with Crippen LogP contribution in [0.15, 0.2) is 28.8 Å². The Morgan fingerprint density at radius 2 is 1.74 bits per heavy atom. The van der Waals surface area contributed by atoms with Crippen molar-refractivity contribution in [1.82, 2.24) is 15.5 Å². The molecule has 1 aromatic heterocycles. The summed E-state index contributed by atoms with van der Waals surface area (Å²) in [5.74, 6) is 2.01. The van der Waals surface area contributed by atoms with E-state index >= 15 is 0 Å². The number of anilines is 1. The smallest absolute Gasteiger partial charge is 0.230 e. The van der Waals surface area contributed by atoms with Crippen LogP contribution >= 0.6 is 0 Å². The van der Waals surface area contributed by atoms with Crippen molar-refractivity contribution in [2.24, 2.45) is 0 Å². The lowest BCUT2D eigenvalue weighted by atomic mass is 9.89. The van der Waals surface area contributed by atoms with Gasteiger partial charge in [-0.2, -0.15) is 4.98 Å². The number of nitrogens with one attached hydrogen (secondary N) is 1. The van der Waals surface area contributed by atoms with Crippen LogP contribution in [0.5, 0.6) is 0 Å². The summed E-state index contributed by atoms with van der Waals surface area (Å²) >= 11 is 0. The molecule has 4 rings (SSSR count). The molecule has 1 saturated carbocycles. The maximum absolute atomic E-state index is 5.53. The van der Waals surface area contributed by atoms with Crippen LogP contribution in [-0.4, -0.2) is 36.3 Å². The van der Waals surface area contributed by atoms with Gasteiger partial charge < -0.3 is 14.7 Å². The van der Waals surface area contributed by atoms with Gasteiger partial charge >= 0.3 is 0 Å². The van der Waals surface area contributed by atoms with E-state index in [4.69, 9.17) is 4.52 Å². The quantitative estimate of drug-likeness (QED) is 0.943. The Kier molecular flexibility index (Phi) is 4.28. The van der Waals surface area contributed by atoms with E-state index in [0.717, 1.165) is 43.5 Å². The molecule has 1 aromatic carbocycles. The predicted molar refractivity (Wildman–Crippen MR) is 90.6 cm³/mol. The minimum absolute atomic E-state index is 0.463. The first-order valence-corrected chi connectivity index (χ1v) is 8.80. The number of benzene rings is 1. The Hall–Kier alpha value is -1.88. The molecule has 0 unspecified atom stereocenters. The van der Waals surface area contributed by atoms with E-state index < -0.39 is 0 Å². The predicted octanol–water partition coefficient (Wildman–Crippen LogP) is 3.19. The highest BCUT2D eigenvalue weighted by Gasteiger charge is 2.22. The second-order valence-corrected chi connectivity index (χ2v) is 6.58. The highest BCUT2D eigenvalue weighted by molar-refractivity contribution is 5.60. The van der Waals surface area contributed by atoms with Crippen molar-refractivity contribution in [3.8, 4) is 11.4 Å². The summed E-state index contributed by atoms with van der Waals surface area (Å²) in [4.78, 5) is 7.05. The maximum Gasteiger partial charge on any atom is 0.230 e. The second-order valence-electron chi connectivity index (χ2n) is 6.58. The van der Waals surface area contributed by atoms with Crippen LogP contribution in [0.25, 0.3) is 11.4 Å². The van der Waals surface area contributed by atoms with Crippen LogP contribution < -0.4 is 10.2 Å². The van der Waals surface area contributed by atoms with Crippen molar-refractivity contribution in [3.63, 3.8) is 0 Å². The molecule has 5 heteroatoms. The molecule has 1 aliphatic carbocycles. The van der Waals surface area contributed by atoms with Gasteiger partial charge in [-0.25, -0.2) is 0 Å². The van der Waals surface area contributed by atoms with Crippen LogP contribution in [0.2, 0.25) is 0 Å². The van der Waals surface area contributed by atoms with E-state index in [2.05, 4.69) is 44.6 Å². The maximum atomic E-state index is 5.53. The van der Waals surface area contributed by atoms with Crippen LogP contribution in [0.4, 0.5) is 5.69 Å². The van der Waals surface area contributed by atoms with Crippen molar-refractivity contribution in [2.45, 2.75) is 38.0 Å². The van der Waals surface area contributed by atoms with Crippen LogP contribution in [0.1, 0.15) is 43.9 Å². The Morgan fingerprint density at radius 1 is 1.00 bits per heavy atom. The minimum Gasteiger partial charge on any atom is -0.369 e. The lowest BCUT2D eigenvalue weighted by Gasteiger charge is -2.29. The van der Waals surface area contributed by atoms with Crippen LogP contribution in [0.3, 0.4) is 0 Å². The molecule has 0 bridgehead atoms. The number of rotatable bonds is 3. The monoisotopic (exact) mass is 312 g/mol. The van der Waals surface area contributed by atoms with Crippen molar-refractivity contribution < 1.29 is 4.52 Å².